The molecule has 1 N–H and O–H groups in total. The van der Waals surface area contributed by atoms with Crippen LogP contribution in [0.1, 0.15) is 31.2 Å². The number of allylic oxidation sites excluding steroid dienone is 6. The lowest BCUT2D eigenvalue weighted by Crippen LogP contribution is -2.40. The molecule has 6 rings (SSSR count). The second-order valence-electron chi connectivity index (χ2n) is 10.1. The molecule has 0 spiro atoms. The van der Waals surface area contributed by atoms with Crippen molar-refractivity contribution in [2.24, 2.45) is 17.8 Å². The van der Waals surface area contributed by atoms with Crippen LogP contribution in [0.3, 0.4) is 0 Å². The standard InChI is InChI=1S/C30H24BrNO6/c1-14-12-22(34)20-13-19-17(25(26(20)28(14)35)27-21(33)4-3-5-23(27)38-2)10-11-18-24(19)30(37)32(29(18)36)16-8-6-15(31)7-9-16/h3-10,12,18-19,24-25,33H,11,13H2,1-2H3/t18-,19+,24-,25-/m0/s1. The summed E-state index contributed by atoms with van der Waals surface area (Å²) in [5, 5.41) is 11.0. The number of carbonyl (C=O) groups is 4. The minimum atomic E-state index is -0.773. The number of anilines is 1. The van der Waals surface area contributed by atoms with Crippen LogP contribution in [0.25, 0.3) is 0 Å². The Labute approximate surface area is 227 Å². The maximum atomic E-state index is 13.9. The first-order chi connectivity index (χ1) is 18.2. The summed E-state index contributed by atoms with van der Waals surface area (Å²) in [4.78, 5) is 55.4. The number of rotatable bonds is 3. The highest BCUT2D eigenvalue weighted by molar-refractivity contribution is 9.10. The molecule has 3 aliphatic carbocycles. The number of Topliss-reactive ketones (excluding diaryl/α,β-unsaturated/α-hetero) is 1. The van der Waals surface area contributed by atoms with E-state index in [0.717, 1.165) is 10.0 Å². The first kappa shape index (κ1) is 24.6. The number of hydrogen-bond donors (Lipinski definition) is 1. The summed E-state index contributed by atoms with van der Waals surface area (Å²) < 4.78 is 6.41. The smallest absolute Gasteiger partial charge is 0.238 e. The lowest BCUT2D eigenvalue weighted by Gasteiger charge is -2.42. The van der Waals surface area contributed by atoms with Gasteiger partial charge in [0, 0.05) is 32.7 Å². The van der Waals surface area contributed by atoms with Gasteiger partial charge in [-0.15, -0.1) is 0 Å². The van der Waals surface area contributed by atoms with E-state index in [1.165, 1.54) is 24.2 Å². The SMILES string of the molecule is COc1cccc(O)c1[C@H]1C2=CC[C@@H]3C(=O)N(c4ccc(Br)cc4)C(=O)[C@@H]3[C@@H]2CC2=C1C(=O)C(C)=CC2=O. The summed E-state index contributed by atoms with van der Waals surface area (Å²) in [5.74, 6) is -3.32. The van der Waals surface area contributed by atoms with Gasteiger partial charge < -0.3 is 9.84 Å². The third kappa shape index (κ3) is 3.46. The predicted molar refractivity (Wildman–Crippen MR) is 143 cm³/mol. The van der Waals surface area contributed by atoms with Crippen molar-refractivity contribution in [2.75, 3.05) is 12.0 Å². The van der Waals surface area contributed by atoms with Crippen molar-refractivity contribution >= 4 is 45.0 Å². The fraction of sp³-hybridized carbons (Fsp3) is 0.267. The van der Waals surface area contributed by atoms with Crippen LogP contribution in [0, 0.1) is 17.8 Å². The highest BCUT2D eigenvalue weighted by atomic mass is 79.9. The third-order valence-corrected chi connectivity index (χ3v) is 8.73. The minimum absolute atomic E-state index is 0.0670. The molecule has 4 atom stereocenters. The Morgan fingerprint density at radius 3 is 2.45 bits per heavy atom. The second kappa shape index (κ2) is 8.91. The summed E-state index contributed by atoms with van der Waals surface area (Å²) >= 11 is 3.39. The van der Waals surface area contributed by atoms with Gasteiger partial charge in [-0.05, 0) is 68.2 Å². The Balaban J connectivity index is 1.52. The highest BCUT2D eigenvalue weighted by Crippen LogP contribution is 2.57. The van der Waals surface area contributed by atoms with Crippen LogP contribution in [0.4, 0.5) is 5.69 Å². The van der Waals surface area contributed by atoms with Crippen LogP contribution in [-0.2, 0) is 19.2 Å². The molecule has 1 heterocycles. The van der Waals surface area contributed by atoms with Gasteiger partial charge in [0.15, 0.2) is 11.6 Å². The summed E-state index contributed by atoms with van der Waals surface area (Å²) in [6.45, 7) is 1.61. The molecule has 1 fully saturated rings. The zero-order chi connectivity index (χ0) is 26.9. The molecule has 7 nitrogen and oxygen atoms in total. The maximum absolute atomic E-state index is 13.9. The average Bonchev–Trinajstić information content (AvgIpc) is 3.16. The minimum Gasteiger partial charge on any atom is -0.507 e. The van der Waals surface area contributed by atoms with Gasteiger partial charge in [0.25, 0.3) is 0 Å². The number of nitrogens with zero attached hydrogens (tertiary/aromatic N) is 1. The van der Waals surface area contributed by atoms with E-state index in [2.05, 4.69) is 15.9 Å². The Morgan fingerprint density at radius 2 is 1.74 bits per heavy atom. The lowest BCUT2D eigenvalue weighted by atomic mass is 9.59. The molecule has 2 amide bonds. The number of fused-ring (bicyclic) bond motifs is 3. The molecule has 0 bridgehead atoms. The molecule has 0 aromatic heterocycles. The first-order valence-corrected chi connectivity index (χ1v) is 13.2. The Morgan fingerprint density at radius 1 is 1.00 bits per heavy atom. The Bertz CT molecular complexity index is 1530. The fourth-order valence-corrected chi connectivity index (χ4v) is 6.80. The molecule has 4 aliphatic rings. The van der Waals surface area contributed by atoms with Gasteiger partial charge in [0.1, 0.15) is 11.5 Å². The van der Waals surface area contributed by atoms with Gasteiger partial charge in [0.2, 0.25) is 11.8 Å². The second-order valence-corrected chi connectivity index (χ2v) is 11.0. The normalized spacial score (nSPS) is 26.6. The number of ketones is 2. The Hall–Kier alpha value is -3.78. The van der Waals surface area contributed by atoms with Crippen molar-refractivity contribution in [3.63, 3.8) is 0 Å². The van der Waals surface area contributed by atoms with E-state index in [9.17, 15) is 24.3 Å². The van der Waals surface area contributed by atoms with E-state index >= 15 is 0 Å². The van der Waals surface area contributed by atoms with Gasteiger partial charge in [0.05, 0.1) is 24.6 Å². The van der Waals surface area contributed by atoms with Crippen LogP contribution in [0.2, 0.25) is 0 Å². The number of amides is 2. The molecule has 2 aromatic rings. The van der Waals surface area contributed by atoms with Crippen LogP contribution < -0.4 is 9.64 Å². The van der Waals surface area contributed by atoms with E-state index in [1.807, 2.05) is 6.08 Å². The molecule has 1 aliphatic heterocycles. The number of phenols is 1. The van der Waals surface area contributed by atoms with E-state index in [-0.39, 0.29) is 35.6 Å². The van der Waals surface area contributed by atoms with Crippen molar-refractivity contribution in [3.05, 3.63) is 86.9 Å². The molecule has 192 valence electrons. The van der Waals surface area contributed by atoms with Crippen molar-refractivity contribution in [2.45, 2.75) is 25.7 Å². The molecule has 0 unspecified atom stereocenters. The number of halogens is 1. The van der Waals surface area contributed by atoms with Gasteiger partial charge in [-0.3, -0.25) is 24.1 Å². The van der Waals surface area contributed by atoms with E-state index in [1.54, 1.807) is 43.3 Å². The predicted octanol–water partition coefficient (Wildman–Crippen LogP) is 4.80. The van der Waals surface area contributed by atoms with Gasteiger partial charge >= 0.3 is 0 Å². The molecule has 38 heavy (non-hydrogen) atoms. The van der Waals surface area contributed by atoms with E-state index < -0.39 is 23.7 Å². The number of benzene rings is 2. The third-order valence-electron chi connectivity index (χ3n) is 8.20. The van der Waals surface area contributed by atoms with Gasteiger partial charge in [-0.2, -0.15) is 0 Å². The number of methoxy groups -OCH3 is 1. The molecule has 8 heteroatoms. The van der Waals surface area contributed by atoms with Crippen molar-refractivity contribution in [1.29, 1.82) is 0 Å². The number of aromatic hydroxyl groups is 1. The fourth-order valence-electron chi connectivity index (χ4n) is 6.54. The van der Waals surface area contributed by atoms with Gasteiger partial charge in [-0.25, -0.2) is 0 Å². The topological polar surface area (TPSA) is 101 Å². The number of phenolic OH excluding ortho intramolecular Hbond substituents is 1. The lowest BCUT2D eigenvalue weighted by molar-refractivity contribution is -0.123. The molecule has 0 radical (unpaired) electrons. The largest absolute Gasteiger partial charge is 0.507 e. The molecule has 1 saturated heterocycles. The van der Waals surface area contributed by atoms with E-state index in [0.29, 0.717) is 40.1 Å². The summed E-state index contributed by atoms with van der Waals surface area (Å²) in [6.07, 6.45) is 3.76. The zero-order valence-corrected chi connectivity index (χ0v) is 22.3. The highest BCUT2D eigenvalue weighted by Gasteiger charge is 2.57. The quantitative estimate of drug-likeness (QED) is 0.321. The molecular weight excluding hydrogens is 550 g/mol. The van der Waals surface area contributed by atoms with Crippen molar-refractivity contribution in [3.8, 4) is 11.5 Å². The molecule has 2 aromatic carbocycles. The average molecular weight is 574 g/mol. The van der Waals surface area contributed by atoms with E-state index in [4.69, 9.17) is 4.74 Å². The first-order valence-electron chi connectivity index (χ1n) is 12.4. The van der Waals surface area contributed by atoms with Crippen LogP contribution in [0.15, 0.2) is 81.4 Å². The van der Waals surface area contributed by atoms with Gasteiger partial charge in [-0.1, -0.05) is 33.6 Å². The monoisotopic (exact) mass is 573 g/mol. The summed E-state index contributed by atoms with van der Waals surface area (Å²) in [6, 6.07) is 11.9. The summed E-state index contributed by atoms with van der Waals surface area (Å²) in [5.41, 5.74) is 2.62. The van der Waals surface area contributed by atoms with Crippen LogP contribution >= 0.6 is 15.9 Å². The number of carbonyl (C=O) groups excluding carboxylic acids is 4. The van der Waals surface area contributed by atoms with Crippen molar-refractivity contribution in [1.82, 2.24) is 0 Å². The van der Waals surface area contributed by atoms with Crippen LogP contribution in [0.5, 0.6) is 11.5 Å². The number of hydrogen-bond acceptors (Lipinski definition) is 6. The molecule has 0 saturated carbocycles. The number of ether oxygens (including phenoxy) is 1. The van der Waals surface area contributed by atoms with Crippen LogP contribution in [-0.4, -0.2) is 35.6 Å². The van der Waals surface area contributed by atoms with Crippen molar-refractivity contribution < 1.29 is 29.0 Å². The number of imide groups is 1. The summed E-state index contributed by atoms with van der Waals surface area (Å²) in [7, 11) is 1.48. The zero-order valence-electron chi connectivity index (χ0n) is 20.7. The molecular formula is C30H24BrNO6. The maximum Gasteiger partial charge on any atom is 0.238 e. The Kier molecular flexibility index (Phi) is 5.76.